The fraction of sp³-hybridized carbons (Fsp3) is 0.444. The Kier molecular flexibility index (Phi) is 6.51. The van der Waals surface area contributed by atoms with Gasteiger partial charge in [-0.05, 0) is 65.8 Å². The van der Waals surface area contributed by atoms with E-state index in [1.54, 1.807) is 20.2 Å². The molecule has 1 aliphatic rings. The summed E-state index contributed by atoms with van der Waals surface area (Å²) in [6, 6.07) is 0. The highest BCUT2D eigenvalue weighted by molar-refractivity contribution is 9.10. The maximum Gasteiger partial charge on any atom is 0.341 e. The number of hydrogen-bond donors (Lipinski definition) is 2. The molecule has 2 aromatic heterocycles. The first-order valence-corrected chi connectivity index (χ1v) is 10.9. The first-order valence-electron chi connectivity index (χ1n) is 8.93. The molecular formula is C18H21BrN4O3S2. The highest BCUT2D eigenvalue weighted by atomic mass is 79.9. The summed E-state index contributed by atoms with van der Waals surface area (Å²) in [4.78, 5) is 26.1. The number of nitrogens with zero attached hydrogens (tertiary/aromatic N) is 2. The maximum absolute atomic E-state index is 12.5. The van der Waals surface area contributed by atoms with Gasteiger partial charge in [0.2, 0.25) is 0 Å². The minimum atomic E-state index is -0.433. The minimum Gasteiger partial charge on any atom is -0.462 e. The van der Waals surface area contributed by atoms with Crippen molar-refractivity contribution in [1.29, 1.82) is 0 Å². The Hall–Kier alpha value is -1.78. The summed E-state index contributed by atoms with van der Waals surface area (Å²) in [7, 11) is 1.72. The molecule has 28 heavy (non-hydrogen) atoms. The van der Waals surface area contributed by atoms with E-state index in [4.69, 9.17) is 17.0 Å². The lowest BCUT2D eigenvalue weighted by Gasteiger charge is -2.18. The highest BCUT2D eigenvalue weighted by Gasteiger charge is 2.29. The summed E-state index contributed by atoms with van der Waals surface area (Å²) in [6.07, 6.45) is 4.47. The van der Waals surface area contributed by atoms with Crippen LogP contribution in [0.4, 0.5) is 5.00 Å². The number of hydrogen-bond acceptors (Lipinski definition) is 6. The van der Waals surface area contributed by atoms with E-state index in [1.165, 1.54) is 20.9 Å². The van der Waals surface area contributed by atoms with Crippen molar-refractivity contribution in [1.82, 2.24) is 15.1 Å². The molecule has 0 aliphatic heterocycles. The van der Waals surface area contributed by atoms with Crippen molar-refractivity contribution in [2.24, 2.45) is 13.0 Å². The van der Waals surface area contributed by atoms with Crippen LogP contribution < -0.4 is 10.6 Å². The zero-order valence-electron chi connectivity index (χ0n) is 15.8. The van der Waals surface area contributed by atoms with Gasteiger partial charge in [0.05, 0.1) is 16.6 Å². The van der Waals surface area contributed by atoms with Crippen molar-refractivity contribution in [3.05, 3.63) is 32.4 Å². The van der Waals surface area contributed by atoms with Crippen LogP contribution in [0.2, 0.25) is 0 Å². The topological polar surface area (TPSA) is 85.2 Å². The fourth-order valence-corrected chi connectivity index (χ4v) is 5.39. The Labute approximate surface area is 181 Å². The third-order valence-electron chi connectivity index (χ3n) is 4.44. The van der Waals surface area contributed by atoms with Crippen molar-refractivity contribution in [3.63, 3.8) is 0 Å². The van der Waals surface area contributed by atoms with E-state index in [9.17, 15) is 9.59 Å². The van der Waals surface area contributed by atoms with Crippen LogP contribution in [0.1, 0.15) is 51.6 Å². The first-order chi connectivity index (χ1) is 13.3. The first kappa shape index (κ1) is 20.9. The summed E-state index contributed by atoms with van der Waals surface area (Å²) in [5.74, 6) is -0.224. The van der Waals surface area contributed by atoms with Gasteiger partial charge in [0.25, 0.3) is 5.91 Å². The van der Waals surface area contributed by atoms with Crippen LogP contribution in [0.3, 0.4) is 0 Å². The zero-order chi connectivity index (χ0) is 20.4. The highest BCUT2D eigenvalue weighted by Crippen LogP contribution is 2.40. The summed E-state index contributed by atoms with van der Waals surface area (Å²) >= 11 is 10.1. The van der Waals surface area contributed by atoms with E-state index in [0.29, 0.717) is 27.6 Å². The van der Waals surface area contributed by atoms with Crippen LogP contribution in [0.5, 0.6) is 0 Å². The molecule has 0 spiro atoms. The van der Waals surface area contributed by atoms with Gasteiger partial charge >= 0.3 is 5.97 Å². The lowest BCUT2D eigenvalue weighted by atomic mass is 9.88. The second-order valence-corrected chi connectivity index (χ2v) is 9.05. The van der Waals surface area contributed by atoms with Crippen molar-refractivity contribution >= 4 is 61.5 Å². The quantitative estimate of drug-likeness (QED) is 0.508. The predicted octanol–water partition coefficient (Wildman–Crippen LogP) is 3.67. The number of esters is 1. The lowest BCUT2D eigenvalue weighted by Crippen LogP contribution is -2.34. The van der Waals surface area contributed by atoms with Crippen LogP contribution >= 0.6 is 39.5 Å². The van der Waals surface area contributed by atoms with Gasteiger partial charge in [-0.15, -0.1) is 11.3 Å². The molecule has 0 bridgehead atoms. The second-order valence-electron chi connectivity index (χ2n) is 6.68. The standard InChI is InChI=1S/C18H21BrN4O3S2/c1-4-26-17(25)13-10-6-5-9(2)7-12(10)28-16(13)21-18(27)20-15(24)14-11(19)8-23(3)22-14/h8-9H,4-7H2,1-3H3,(H2,20,21,24,27)/t9-/m0/s1. The summed E-state index contributed by atoms with van der Waals surface area (Å²) in [5, 5.41) is 10.5. The third kappa shape index (κ3) is 4.44. The molecule has 0 unspecified atom stereocenters. The molecule has 0 radical (unpaired) electrons. The molecule has 150 valence electrons. The van der Waals surface area contributed by atoms with E-state index in [0.717, 1.165) is 24.8 Å². The van der Waals surface area contributed by atoms with Crippen molar-refractivity contribution in [3.8, 4) is 0 Å². The predicted molar refractivity (Wildman–Crippen MR) is 116 cm³/mol. The molecule has 2 aromatic rings. The van der Waals surface area contributed by atoms with Crippen LogP contribution in [0.25, 0.3) is 0 Å². The minimum absolute atomic E-state index is 0.111. The molecule has 0 saturated carbocycles. The second kappa shape index (κ2) is 8.71. The number of rotatable bonds is 4. The molecule has 0 aromatic carbocycles. The molecule has 7 nitrogen and oxygen atoms in total. The zero-order valence-corrected chi connectivity index (χ0v) is 19.0. The maximum atomic E-state index is 12.5. The van der Waals surface area contributed by atoms with Gasteiger partial charge in [-0.2, -0.15) is 5.10 Å². The van der Waals surface area contributed by atoms with E-state index in [1.807, 2.05) is 0 Å². The normalized spacial score (nSPS) is 15.6. The number of aromatic nitrogens is 2. The molecule has 0 saturated heterocycles. The van der Waals surface area contributed by atoms with Crippen molar-refractivity contribution in [2.75, 3.05) is 11.9 Å². The Morgan fingerprint density at radius 2 is 2.25 bits per heavy atom. The molecule has 1 aliphatic carbocycles. The van der Waals surface area contributed by atoms with Crippen LogP contribution in [0, 0.1) is 5.92 Å². The smallest absolute Gasteiger partial charge is 0.341 e. The molecule has 0 fully saturated rings. The number of carbonyl (C=O) groups excluding carboxylic acids is 2. The monoisotopic (exact) mass is 484 g/mol. The van der Waals surface area contributed by atoms with E-state index in [-0.39, 0.29) is 16.8 Å². The van der Waals surface area contributed by atoms with E-state index < -0.39 is 5.91 Å². The number of aryl methyl sites for hydroxylation is 1. The Morgan fingerprint density at radius 1 is 1.50 bits per heavy atom. The van der Waals surface area contributed by atoms with Gasteiger partial charge in [0.15, 0.2) is 10.8 Å². The van der Waals surface area contributed by atoms with Crippen LogP contribution in [-0.4, -0.2) is 33.4 Å². The molecule has 1 amide bonds. The van der Waals surface area contributed by atoms with Crippen LogP contribution in [0.15, 0.2) is 10.7 Å². The number of thiophene rings is 1. The van der Waals surface area contributed by atoms with Gasteiger partial charge in [0, 0.05) is 18.1 Å². The fourth-order valence-electron chi connectivity index (χ4n) is 3.17. The van der Waals surface area contributed by atoms with Gasteiger partial charge in [-0.1, -0.05) is 6.92 Å². The van der Waals surface area contributed by atoms with E-state index in [2.05, 4.69) is 38.6 Å². The largest absolute Gasteiger partial charge is 0.462 e. The van der Waals surface area contributed by atoms with Crippen molar-refractivity contribution < 1.29 is 14.3 Å². The number of amides is 1. The summed E-state index contributed by atoms with van der Waals surface area (Å²) < 4.78 is 7.35. The number of carbonyl (C=O) groups is 2. The Balaban J connectivity index is 1.81. The molecule has 1 atom stereocenters. The number of anilines is 1. The summed E-state index contributed by atoms with van der Waals surface area (Å²) in [5.41, 5.74) is 1.80. The Morgan fingerprint density at radius 3 is 2.89 bits per heavy atom. The third-order valence-corrected chi connectivity index (χ3v) is 6.40. The molecule has 3 rings (SSSR count). The van der Waals surface area contributed by atoms with Crippen LogP contribution in [-0.2, 0) is 24.6 Å². The molecule has 2 N–H and O–H groups in total. The van der Waals surface area contributed by atoms with Gasteiger partial charge in [-0.3, -0.25) is 14.8 Å². The Bertz CT molecular complexity index is 938. The van der Waals surface area contributed by atoms with Crippen molar-refractivity contribution in [2.45, 2.75) is 33.1 Å². The van der Waals surface area contributed by atoms with Gasteiger partial charge < -0.3 is 10.1 Å². The number of fused-ring (bicyclic) bond motifs is 1. The number of halogens is 1. The number of ether oxygens (including phenoxy) is 1. The number of nitrogens with one attached hydrogen (secondary N) is 2. The number of thiocarbonyl (C=S) groups is 1. The average Bonchev–Trinajstić information content (AvgIpc) is 3.13. The molecular weight excluding hydrogens is 464 g/mol. The summed E-state index contributed by atoms with van der Waals surface area (Å²) in [6.45, 7) is 4.28. The lowest BCUT2D eigenvalue weighted by molar-refractivity contribution is 0.0526. The van der Waals surface area contributed by atoms with Gasteiger partial charge in [0.1, 0.15) is 5.00 Å². The van der Waals surface area contributed by atoms with Gasteiger partial charge in [-0.25, -0.2) is 4.79 Å². The van der Waals surface area contributed by atoms with E-state index >= 15 is 0 Å². The molecule has 10 heteroatoms. The average molecular weight is 485 g/mol. The molecule has 2 heterocycles. The SMILES string of the molecule is CCOC(=O)c1c(NC(=S)NC(=O)c2nn(C)cc2Br)sc2c1CC[C@H](C)C2.